The number of aryl methyl sites for hydroxylation is 1. The summed E-state index contributed by atoms with van der Waals surface area (Å²) in [5, 5.41) is 3.68. The third-order valence-corrected chi connectivity index (χ3v) is 4.13. The second-order valence-corrected chi connectivity index (χ2v) is 6.05. The first-order valence-corrected chi connectivity index (χ1v) is 8.13. The van der Waals surface area contributed by atoms with E-state index in [1.165, 1.54) is 6.07 Å². The highest BCUT2D eigenvalue weighted by molar-refractivity contribution is 5.82. The lowest BCUT2D eigenvalue weighted by atomic mass is 10.1. The van der Waals surface area contributed by atoms with Gasteiger partial charge in [0.1, 0.15) is 11.3 Å². The fourth-order valence-electron chi connectivity index (χ4n) is 2.80. The van der Waals surface area contributed by atoms with Crippen LogP contribution >= 0.6 is 0 Å². The molecule has 0 aliphatic carbocycles. The number of hydrogen-bond acceptors (Lipinski definition) is 5. The van der Waals surface area contributed by atoms with Gasteiger partial charge in [-0.2, -0.15) is 0 Å². The molecule has 1 aromatic carbocycles. The first-order chi connectivity index (χ1) is 11.5. The Bertz CT molecular complexity index is 792. The lowest BCUT2D eigenvalue weighted by molar-refractivity contribution is -0.127. The monoisotopic (exact) mass is 331 g/mol. The molecule has 128 valence electrons. The quantitative estimate of drug-likeness (QED) is 0.850. The van der Waals surface area contributed by atoms with Crippen molar-refractivity contribution in [2.45, 2.75) is 38.9 Å². The maximum Gasteiger partial charge on any atom is 0.336 e. The highest BCUT2D eigenvalue weighted by Gasteiger charge is 2.19. The number of amides is 1. The fourth-order valence-corrected chi connectivity index (χ4v) is 2.80. The molecule has 6 heteroatoms. The van der Waals surface area contributed by atoms with E-state index in [1.807, 2.05) is 13.0 Å². The largest absolute Gasteiger partial charge is 0.481 e. The van der Waals surface area contributed by atoms with Crippen LogP contribution in [0.1, 0.15) is 25.3 Å². The second-order valence-electron chi connectivity index (χ2n) is 6.05. The van der Waals surface area contributed by atoms with Crippen molar-refractivity contribution in [2.75, 3.05) is 13.2 Å². The standard InChI is InChI=1S/C18H21NO5/c1-11-8-17(20)24-16-9-13(5-6-15(11)16)23-12(2)18(21)19-10-14-4-3-7-22-14/h5-6,8-9,12,14H,3-4,7,10H2,1-2H3,(H,19,21)/t12-,14-/m1/s1. The predicted octanol–water partition coefficient (Wildman–Crippen LogP) is 2.16. The number of carbonyl (C=O) groups excluding carboxylic acids is 1. The average molecular weight is 331 g/mol. The van der Waals surface area contributed by atoms with E-state index < -0.39 is 11.7 Å². The van der Waals surface area contributed by atoms with Crippen molar-refractivity contribution in [3.05, 3.63) is 40.2 Å². The van der Waals surface area contributed by atoms with E-state index in [0.29, 0.717) is 17.9 Å². The number of hydrogen-bond donors (Lipinski definition) is 1. The summed E-state index contributed by atoms with van der Waals surface area (Å²) in [6.45, 7) is 4.79. The lowest BCUT2D eigenvalue weighted by Gasteiger charge is -2.16. The SMILES string of the molecule is Cc1cc(=O)oc2cc(O[C@H](C)C(=O)NC[C@H]3CCCO3)ccc12. The highest BCUT2D eigenvalue weighted by atomic mass is 16.5. The van der Waals surface area contributed by atoms with Crippen LogP contribution < -0.4 is 15.7 Å². The molecule has 1 aromatic heterocycles. The topological polar surface area (TPSA) is 77.8 Å². The Morgan fingerprint density at radius 3 is 3.00 bits per heavy atom. The zero-order valence-electron chi connectivity index (χ0n) is 13.8. The molecule has 1 amide bonds. The maximum atomic E-state index is 12.1. The normalized spacial score (nSPS) is 18.5. The Morgan fingerprint density at radius 2 is 2.25 bits per heavy atom. The van der Waals surface area contributed by atoms with Crippen LogP contribution in [0, 0.1) is 6.92 Å². The number of ether oxygens (including phenoxy) is 2. The molecule has 0 bridgehead atoms. The molecule has 0 unspecified atom stereocenters. The van der Waals surface area contributed by atoms with Crippen LogP contribution in [0.4, 0.5) is 0 Å². The summed E-state index contributed by atoms with van der Waals surface area (Å²) >= 11 is 0. The van der Waals surface area contributed by atoms with Crippen LogP contribution in [-0.2, 0) is 9.53 Å². The van der Waals surface area contributed by atoms with E-state index in [1.54, 1.807) is 19.1 Å². The predicted molar refractivity (Wildman–Crippen MR) is 89.3 cm³/mol. The summed E-state index contributed by atoms with van der Waals surface area (Å²) in [6, 6.07) is 6.66. The van der Waals surface area contributed by atoms with Gasteiger partial charge < -0.3 is 19.2 Å². The van der Waals surface area contributed by atoms with Gasteiger partial charge in [-0.05, 0) is 44.4 Å². The Morgan fingerprint density at radius 1 is 1.42 bits per heavy atom. The Labute approximate surface area is 139 Å². The zero-order chi connectivity index (χ0) is 17.1. The fraction of sp³-hybridized carbons (Fsp3) is 0.444. The average Bonchev–Trinajstić information content (AvgIpc) is 3.05. The summed E-state index contributed by atoms with van der Waals surface area (Å²) < 4.78 is 16.3. The molecule has 1 N–H and O–H groups in total. The Kier molecular flexibility index (Phi) is 4.85. The van der Waals surface area contributed by atoms with Crippen molar-refractivity contribution >= 4 is 16.9 Å². The van der Waals surface area contributed by atoms with Crippen LogP contribution in [0.2, 0.25) is 0 Å². The highest BCUT2D eigenvalue weighted by Crippen LogP contribution is 2.23. The summed E-state index contributed by atoms with van der Waals surface area (Å²) in [6.07, 6.45) is 1.45. The van der Waals surface area contributed by atoms with Gasteiger partial charge in [0.25, 0.3) is 5.91 Å². The molecule has 0 spiro atoms. The zero-order valence-corrected chi connectivity index (χ0v) is 13.8. The van der Waals surface area contributed by atoms with Crippen LogP contribution in [0.15, 0.2) is 33.5 Å². The smallest absolute Gasteiger partial charge is 0.336 e. The maximum absolute atomic E-state index is 12.1. The van der Waals surface area contributed by atoms with Crippen LogP contribution in [0.5, 0.6) is 5.75 Å². The van der Waals surface area contributed by atoms with Gasteiger partial charge in [0.15, 0.2) is 6.10 Å². The third kappa shape index (κ3) is 3.76. The van der Waals surface area contributed by atoms with Gasteiger partial charge in [0.2, 0.25) is 0 Å². The third-order valence-electron chi connectivity index (χ3n) is 4.13. The minimum atomic E-state index is -0.652. The number of carbonyl (C=O) groups is 1. The molecule has 3 rings (SSSR count). The van der Waals surface area contributed by atoms with E-state index in [-0.39, 0.29) is 12.0 Å². The van der Waals surface area contributed by atoms with Crippen molar-refractivity contribution in [3.8, 4) is 5.75 Å². The summed E-state index contributed by atoms with van der Waals surface area (Å²) in [4.78, 5) is 23.6. The van der Waals surface area contributed by atoms with Gasteiger partial charge in [-0.1, -0.05) is 0 Å². The molecule has 1 aliphatic heterocycles. The molecular formula is C18H21NO5. The molecule has 1 saturated heterocycles. The molecule has 6 nitrogen and oxygen atoms in total. The summed E-state index contributed by atoms with van der Waals surface area (Å²) in [5.41, 5.74) is 0.888. The molecule has 0 radical (unpaired) electrons. The molecule has 0 saturated carbocycles. The molecule has 2 aromatic rings. The van der Waals surface area contributed by atoms with Crippen molar-refractivity contribution in [3.63, 3.8) is 0 Å². The van der Waals surface area contributed by atoms with E-state index in [2.05, 4.69) is 5.32 Å². The van der Waals surface area contributed by atoms with Gasteiger partial charge in [-0.25, -0.2) is 4.79 Å². The number of fused-ring (bicyclic) bond motifs is 1. The minimum absolute atomic E-state index is 0.0964. The molecule has 24 heavy (non-hydrogen) atoms. The summed E-state index contributed by atoms with van der Waals surface area (Å²) in [5.74, 6) is 0.285. The minimum Gasteiger partial charge on any atom is -0.481 e. The number of benzene rings is 1. The van der Waals surface area contributed by atoms with E-state index in [9.17, 15) is 9.59 Å². The van der Waals surface area contributed by atoms with Gasteiger partial charge in [0.05, 0.1) is 6.10 Å². The van der Waals surface area contributed by atoms with Gasteiger partial charge in [-0.15, -0.1) is 0 Å². The first-order valence-electron chi connectivity index (χ1n) is 8.13. The van der Waals surface area contributed by atoms with Crippen LogP contribution in [-0.4, -0.2) is 31.3 Å². The van der Waals surface area contributed by atoms with Gasteiger partial charge >= 0.3 is 5.63 Å². The molecule has 2 atom stereocenters. The summed E-state index contributed by atoms with van der Waals surface area (Å²) in [7, 11) is 0. The van der Waals surface area contributed by atoms with Crippen molar-refractivity contribution in [2.24, 2.45) is 0 Å². The van der Waals surface area contributed by atoms with Gasteiger partial charge in [0, 0.05) is 30.7 Å². The van der Waals surface area contributed by atoms with Gasteiger partial charge in [-0.3, -0.25) is 4.79 Å². The van der Waals surface area contributed by atoms with Crippen molar-refractivity contribution < 1.29 is 18.7 Å². The molecule has 1 aliphatic rings. The Hall–Kier alpha value is -2.34. The van der Waals surface area contributed by atoms with E-state index >= 15 is 0 Å². The van der Waals surface area contributed by atoms with Crippen molar-refractivity contribution in [1.82, 2.24) is 5.32 Å². The Balaban J connectivity index is 1.64. The van der Waals surface area contributed by atoms with E-state index in [4.69, 9.17) is 13.9 Å². The lowest BCUT2D eigenvalue weighted by Crippen LogP contribution is -2.40. The molecular weight excluding hydrogens is 310 g/mol. The second kappa shape index (κ2) is 7.05. The molecule has 1 fully saturated rings. The van der Waals surface area contributed by atoms with Crippen LogP contribution in [0.3, 0.4) is 0 Å². The molecule has 2 heterocycles. The number of nitrogens with one attached hydrogen (secondary N) is 1. The number of rotatable bonds is 5. The van der Waals surface area contributed by atoms with E-state index in [0.717, 1.165) is 30.4 Å². The first kappa shape index (κ1) is 16.5. The van der Waals surface area contributed by atoms with Crippen molar-refractivity contribution in [1.29, 1.82) is 0 Å². The van der Waals surface area contributed by atoms with Crippen LogP contribution in [0.25, 0.3) is 11.0 Å².